The summed E-state index contributed by atoms with van der Waals surface area (Å²) in [5.41, 5.74) is -4.69. The van der Waals surface area contributed by atoms with Gasteiger partial charge in [-0.05, 0) is 70.8 Å². The summed E-state index contributed by atoms with van der Waals surface area (Å²) in [6.07, 6.45) is -34.3. The average molecular weight is 1160 g/mol. The third kappa shape index (κ3) is 16.4. The predicted molar refractivity (Wildman–Crippen MR) is 246 cm³/mol. The third-order valence-corrected chi connectivity index (χ3v) is 11.1. The van der Waals surface area contributed by atoms with E-state index in [9.17, 15) is 90.0 Å². The van der Waals surface area contributed by atoms with Crippen LogP contribution in [0.4, 0.5) is 70.2 Å². The molecule has 4 atom stereocenters. The highest BCUT2D eigenvalue weighted by atomic mass is 35.5. The van der Waals surface area contributed by atoms with Crippen molar-refractivity contribution in [3.05, 3.63) is 201 Å². The number of alkyl halides is 14. The molecule has 4 N–H and O–H groups in total. The van der Waals surface area contributed by atoms with Crippen molar-refractivity contribution < 1.29 is 99.5 Å². The second-order valence-electron chi connectivity index (χ2n) is 16.4. The molecule has 2 amide bonds. The van der Waals surface area contributed by atoms with Gasteiger partial charge in [-0.25, -0.2) is 8.78 Å². The van der Waals surface area contributed by atoms with Crippen molar-refractivity contribution in [1.29, 1.82) is 0 Å². The molecule has 2 aromatic heterocycles. The Hall–Kier alpha value is -7.16. The lowest BCUT2D eigenvalue weighted by atomic mass is 9.80. The number of aliphatic hydroxyl groups is 2. The summed E-state index contributed by atoms with van der Waals surface area (Å²) < 4.78 is 220. The predicted octanol–water partition coefficient (Wildman–Crippen LogP) is 11.8. The molecule has 0 saturated carbocycles. The molecule has 0 radical (unpaired) electrons. The summed E-state index contributed by atoms with van der Waals surface area (Å²) >= 11 is 11.8. The molecule has 2 unspecified atom stereocenters. The van der Waals surface area contributed by atoms with Crippen molar-refractivity contribution in [2.75, 3.05) is 0 Å². The molecule has 0 fully saturated rings. The maximum absolute atomic E-state index is 14.7. The van der Waals surface area contributed by atoms with Crippen LogP contribution in [0.5, 0.6) is 11.5 Å². The molecule has 0 aliphatic rings. The molecule has 0 aliphatic heterocycles. The van der Waals surface area contributed by atoms with Gasteiger partial charge in [-0.3, -0.25) is 19.6 Å². The van der Waals surface area contributed by atoms with E-state index in [2.05, 4.69) is 30.1 Å². The van der Waals surface area contributed by atoms with Gasteiger partial charge in [0.05, 0.1) is 21.4 Å². The number of nitrogens with zero attached hydrogens (tertiary/aromatic N) is 2. The van der Waals surface area contributed by atoms with Crippen LogP contribution in [0.1, 0.15) is 33.6 Å². The van der Waals surface area contributed by atoms with Crippen LogP contribution in [0.2, 0.25) is 10.0 Å². The quantitative estimate of drug-likeness (QED) is 0.0464. The lowest BCUT2D eigenvalue weighted by Gasteiger charge is -2.37. The molecular formula is C50H36Cl2F16N4O6. The number of aromatic nitrogens is 2. The molecule has 0 saturated heterocycles. The van der Waals surface area contributed by atoms with Gasteiger partial charge in [0.25, 0.3) is 5.91 Å². The van der Waals surface area contributed by atoms with Crippen molar-refractivity contribution in [1.82, 2.24) is 20.6 Å². The average Bonchev–Trinajstić information content (AvgIpc) is 3.47. The Morgan fingerprint density at radius 1 is 0.577 bits per heavy atom. The molecule has 28 heteroatoms. The Bertz CT molecular complexity index is 3000. The molecule has 2 heterocycles. The SMILES string of the molecule is O=C(/C=C/C(F)(F)F)N[C@@](Cc1ccccc1)(c1cc(F)cc(OC(F)(F)C(F)F)c1)c1ccc(Cl)cn1.O=C(N[C@@](Cc1ccccc1)(c1cc(F)cc(OC(F)(F)C(F)F)c1)c1ccc(Cl)cn1)C(O)C(O)C(F)(F)F. The van der Waals surface area contributed by atoms with Crippen LogP contribution in [0, 0.1) is 11.6 Å². The number of pyridine rings is 2. The fourth-order valence-corrected chi connectivity index (χ4v) is 7.49. The number of hydrogen-bond donors (Lipinski definition) is 4. The van der Waals surface area contributed by atoms with Gasteiger partial charge in [0.2, 0.25) is 5.91 Å². The lowest BCUT2D eigenvalue weighted by molar-refractivity contribution is -0.253. The van der Waals surface area contributed by atoms with Crippen LogP contribution < -0.4 is 20.1 Å². The number of amides is 2. The minimum atomic E-state index is -5.43. The molecule has 0 aliphatic carbocycles. The van der Waals surface area contributed by atoms with E-state index in [-0.39, 0.29) is 45.6 Å². The van der Waals surface area contributed by atoms with Gasteiger partial charge in [-0.2, -0.15) is 61.5 Å². The fraction of sp³-hybridized carbons (Fsp3) is 0.240. The maximum Gasteiger partial charge on any atom is 0.461 e. The van der Waals surface area contributed by atoms with Crippen molar-refractivity contribution >= 4 is 35.0 Å². The maximum atomic E-state index is 14.7. The lowest BCUT2D eigenvalue weighted by Crippen LogP contribution is -2.56. The van der Waals surface area contributed by atoms with E-state index in [4.69, 9.17) is 23.2 Å². The van der Waals surface area contributed by atoms with Crippen LogP contribution in [0.3, 0.4) is 0 Å². The monoisotopic (exact) mass is 1160 g/mol. The Labute approximate surface area is 440 Å². The number of hydrogen-bond acceptors (Lipinski definition) is 8. The van der Waals surface area contributed by atoms with Crippen LogP contribution in [-0.2, 0) is 33.5 Å². The molecule has 6 aromatic rings. The Kier molecular flexibility index (Phi) is 19.8. The number of aliphatic hydroxyl groups excluding tert-OH is 2. The minimum Gasteiger partial charge on any atom is -0.428 e. The smallest absolute Gasteiger partial charge is 0.428 e. The number of carbonyl (C=O) groups is 2. The number of ether oxygens (including phenoxy) is 2. The molecule has 4 aromatic carbocycles. The Morgan fingerprint density at radius 3 is 1.32 bits per heavy atom. The van der Waals surface area contributed by atoms with Crippen LogP contribution in [-0.4, -0.2) is 81.6 Å². The zero-order chi connectivity index (χ0) is 58.0. The molecule has 0 bridgehead atoms. The number of carbonyl (C=O) groups excluding carboxylic acids is 2. The first kappa shape index (κ1) is 61.7. The Balaban J connectivity index is 0.000000288. The molecule has 418 valence electrons. The first-order valence-electron chi connectivity index (χ1n) is 21.7. The summed E-state index contributed by atoms with van der Waals surface area (Å²) in [5, 5.41) is 24.1. The van der Waals surface area contributed by atoms with Gasteiger partial charge in [-0.1, -0.05) is 83.9 Å². The first-order chi connectivity index (χ1) is 36.2. The van der Waals surface area contributed by atoms with Gasteiger partial charge < -0.3 is 30.3 Å². The zero-order valence-electron chi connectivity index (χ0n) is 38.8. The normalized spacial score (nSPS) is 14.6. The van der Waals surface area contributed by atoms with Crippen molar-refractivity contribution in [2.45, 2.75) is 73.5 Å². The summed E-state index contributed by atoms with van der Waals surface area (Å²) in [4.78, 5) is 33.8. The van der Waals surface area contributed by atoms with Crippen molar-refractivity contribution in [3.8, 4) is 11.5 Å². The number of allylic oxidation sites excluding steroid dienone is 1. The number of nitrogens with one attached hydrogen (secondary N) is 2. The second-order valence-corrected chi connectivity index (χ2v) is 17.3. The highest BCUT2D eigenvalue weighted by molar-refractivity contribution is 6.30. The highest BCUT2D eigenvalue weighted by Crippen LogP contribution is 2.40. The fourth-order valence-electron chi connectivity index (χ4n) is 7.27. The third-order valence-electron chi connectivity index (χ3n) is 10.7. The zero-order valence-corrected chi connectivity index (χ0v) is 40.3. The van der Waals surface area contributed by atoms with E-state index in [1.54, 1.807) is 36.4 Å². The van der Waals surface area contributed by atoms with Gasteiger partial charge in [0, 0.05) is 49.5 Å². The topological polar surface area (TPSA) is 143 Å². The second kappa shape index (κ2) is 25.1. The van der Waals surface area contributed by atoms with Gasteiger partial charge in [0.15, 0.2) is 12.2 Å². The molecule has 78 heavy (non-hydrogen) atoms. The highest BCUT2D eigenvalue weighted by Gasteiger charge is 2.50. The Morgan fingerprint density at radius 2 is 0.974 bits per heavy atom. The standard InChI is InChI=1S/C25H19ClF8N2O4.C25H17ClF8N2O2/c26-15-6-7-18(35-12-15)23(11-13-4-2-1-3-5-13,36-21(39)19(37)20(38)24(30,31)32)14-8-16(27)10-17(9-14)40-25(33,34)22(28)29;26-17-6-7-20(35-14-17)23(13-15-4-2-1-3-5-15,36-21(37)8-9-24(30,31)32)16-10-18(27)12-19(11-16)38-25(33,34)22(28)29/h1-10,12,19-20,22,37-38H,11H2,(H,36,39);1-12,14,22H,13H2,(H,36,37)/b;9-8+/t19?,20?,23-;23-/m00/s1. The van der Waals surface area contributed by atoms with Crippen molar-refractivity contribution in [2.24, 2.45) is 0 Å². The number of halogens is 18. The van der Waals surface area contributed by atoms with E-state index in [1.165, 1.54) is 42.5 Å². The largest absolute Gasteiger partial charge is 0.461 e. The number of benzene rings is 4. The van der Waals surface area contributed by atoms with E-state index in [0.29, 0.717) is 35.4 Å². The van der Waals surface area contributed by atoms with Crippen LogP contribution in [0.15, 0.2) is 146 Å². The van der Waals surface area contributed by atoms with Crippen LogP contribution in [0.25, 0.3) is 0 Å². The van der Waals surface area contributed by atoms with Crippen molar-refractivity contribution in [3.63, 3.8) is 0 Å². The number of rotatable bonds is 19. The van der Waals surface area contributed by atoms with Gasteiger partial charge in [-0.15, -0.1) is 0 Å². The van der Waals surface area contributed by atoms with E-state index in [0.717, 1.165) is 30.6 Å². The van der Waals surface area contributed by atoms with Gasteiger partial charge in [0.1, 0.15) is 34.2 Å². The summed E-state index contributed by atoms with van der Waals surface area (Å²) in [7, 11) is 0. The molecule has 0 spiro atoms. The van der Waals surface area contributed by atoms with Gasteiger partial charge >= 0.3 is 37.4 Å². The summed E-state index contributed by atoms with van der Waals surface area (Å²) in [6, 6.07) is 24.2. The minimum absolute atomic E-state index is 0.0519. The summed E-state index contributed by atoms with van der Waals surface area (Å²) in [6.45, 7) is 0. The van der Waals surface area contributed by atoms with E-state index in [1.807, 2.05) is 0 Å². The summed E-state index contributed by atoms with van der Waals surface area (Å²) in [5.74, 6) is -7.83. The molecule has 10 nitrogen and oxygen atoms in total. The van der Waals surface area contributed by atoms with E-state index >= 15 is 0 Å². The first-order valence-corrected chi connectivity index (χ1v) is 22.5. The molecular weight excluding hydrogens is 1130 g/mol. The molecule has 6 rings (SSSR count). The van der Waals surface area contributed by atoms with Crippen LogP contribution >= 0.6 is 23.2 Å². The van der Waals surface area contributed by atoms with E-state index < -0.39 is 108 Å².